The van der Waals surface area contributed by atoms with Gasteiger partial charge in [-0.05, 0) is 25.1 Å². The first-order valence-electron chi connectivity index (χ1n) is 6.34. The minimum Gasteiger partial charge on any atom is -0.326 e. The Hall–Kier alpha value is -0.780. The Morgan fingerprint density at radius 1 is 1.40 bits per heavy atom. The van der Waals surface area contributed by atoms with Crippen LogP contribution in [0, 0.1) is 0 Å². The summed E-state index contributed by atoms with van der Waals surface area (Å²) in [6, 6.07) is 5.35. The number of hydrogen-bond acceptors (Lipinski definition) is 3. The predicted molar refractivity (Wildman–Crippen MR) is 83.3 cm³/mol. The van der Waals surface area contributed by atoms with Crippen molar-refractivity contribution in [3.05, 3.63) is 29.0 Å². The van der Waals surface area contributed by atoms with Crippen LogP contribution in [0.4, 0.5) is 0 Å². The number of alkyl halides is 1. The summed E-state index contributed by atoms with van der Waals surface area (Å²) in [5.41, 5.74) is 1.58. The molecular weight excluding hydrogens is 319 g/mol. The molecule has 110 valence electrons. The third-order valence-electron chi connectivity index (χ3n) is 3.16. The third-order valence-corrected chi connectivity index (χ3v) is 5.28. The molecule has 0 fully saturated rings. The van der Waals surface area contributed by atoms with E-state index in [-0.39, 0.29) is 16.9 Å². The van der Waals surface area contributed by atoms with E-state index < -0.39 is 9.84 Å². The molecule has 0 amide bonds. The summed E-state index contributed by atoms with van der Waals surface area (Å²) in [6.07, 6.45) is 0. The van der Waals surface area contributed by atoms with Gasteiger partial charge in [0.15, 0.2) is 9.84 Å². The molecule has 1 aromatic heterocycles. The van der Waals surface area contributed by atoms with Crippen molar-refractivity contribution in [2.24, 2.45) is 0 Å². The first kappa shape index (κ1) is 15.6. The van der Waals surface area contributed by atoms with Gasteiger partial charge in [0.2, 0.25) is 0 Å². The van der Waals surface area contributed by atoms with Crippen LogP contribution in [0.25, 0.3) is 11.0 Å². The highest BCUT2D eigenvalue weighted by Gasteiger charge is 2.17. The lowest BCUT2D eigenvalue weighted by Crippen LogP contribution is -2.16. The van der Waals surface area contributed by atoms with Gasteiger partial charge in [-0.15, -0.1) is 11.6 Å². The number of fused-ring (bicyclic) bond motifs is 1. The number of imidazole rings is 1. The number of aromatic nitrogens is 2. The fraction of sp³-hybridized carbons (Fsp3) is 0.462. The van der Waals surface area contributed by atoms with Gasteiger partial charge in [0, 0.05) is 17.3 Å². The molecule has 0 aliphatic heterocycles. The summed E-state index contributed by atoms with van der Waals surface area (Å²) >= 11 is 12.1. The summed E-state index contributed by atoms with van der Waals surface area (Å²) in [7, 11) is -3.04. The Bertz CT molecular complexity index is 723. The third kappa shape index (κ3) is 3.27. The van der Waals surface area contributed by atoms with Crippen molar-refractivity contribution in [2.45, 2.75) is 25.8 Å². The van der Waals surface area contributed by atoms with Gasteiger partial charge < -0.3 is 4.57 Å². The van der Waals surface area contributed by atoms with E-state index in [1.807, 2.05) is 17.6 Å². The van der Waals surface area contributed by atoms with E-state index in [1.54, 1.807) is 19.1 Å². The van der Waals surface area contributed by atoms with Crippen LogP contribution in [0.3, 0.4) is 0 Å². The van der Waals surface area contributed by atoms with E-state index in [0.29, 0.717) is 17.4 Å². The van der Waals surface area contributed by atoms with Gasteiger partial charge in [-0.3, -0.25) is 0 Å². The van der Waals surface area contributed by atoms with E-state index in [9.17, 15) is 8.42 Å². The van der Waals surface area contributed by atoms with Gasteiger partial charge in [-0.25, -0.2) is 13.4 Å². The van der Waals surface area contributed by atoms with Gasteiger partial charge in [-0.2, -0.15) is 0 Å². The first-order chi connectivity index (χ1) is 9.34. The molecule has 0 aliphatic carbocycles. The van der Waals surface area contributed by atoms with Crippen molar-refractivity contribution in [3.8, 4) is 0 Å². The van der Waals surface area contributed by atoms with Crippen molar-refractivity contribution < 1.29 is 8.42 Å². The molecule has 1 heterocycles. The monoisotopic (exact) mass is 334 g/mol. The number of nitrogens with zero attached hydrogens (tertiary/aromatic N) is 2. The first-order valence-corrected chi connectivity index (χ1v) is 8.98. The molecule has 0 spiro atoms. The van der Waals surface area contributed by atoms with Crippen LogP contribution in [-0.4, -0.2) is 29.5 Å². The highest BCUT2D eigenvalue weighted by Crippen LogP contribution is 2.26. The Morgan fingerprint density at radius 3 is 2.70 bits per heavy atom. The number of halogens is 2. The van der Waals surface area contributed by atoms with Crippen LogP contribution in [0.15, 0.2) is 18.2 Å². The minimum atomic E-state index is -3.04. The smallest absolute Gasteiger partial charge is 0.151 e. The van der Waals surface area contributed by atoms with Crippen LogP contribution in [0.2, 0.25) is 5.02 Å². The molecule has 0 radical (unpaired) electrons. The average molecular weight is 335 g/mol. The Balaban J connectivity index is 2.48. The second kappa shape index (κ2) is 5.92. The van der Waals surface area contributed by atoms with Crippen LogP contribution in [-0.2, 0) is 16.4 Å². The van der Waals surface area contributed by atoms with Crippen molar-refractivity contribution in [2.75, 3.05) is 11.5 Å². The standard InChI is InChI=1S/C13H16Cl2N2O2S/c1-3-20(18,19)7-6-17-12-8-10(15)4-5-11(12)16-13(17)9(2)14/h4-5,8-9H,3,6-7H2,1-2H3. The van der Waals surface area contributed by atoms with E-state index >= 15 is 0 Å². The maximum absolute atomic E-state index is 11.7. The zero-order valence-electron chi connectivity index (χ0n) is 11.3. The van der Waals surface area contributed by atoms with Gasteiger partial charge >= 0.3 is 0 Å². The SMILES string of the molecule is CCS(=O)(=O)CCn1c(C(C)Cl)nc2ccc(Cl)cc21. The molecule has 0 aliphatic rings. The van der Waals surface area contributed by atoms with Crippen LogP contribution in [0.5, 0.6) is 0 Å². The zero-order chi connectivity index (χ0) is 14.9. The minimum absolute atomic E-state index is 0.0675. The molecule has 2 aromatic rings. The molecule has 4 nitrogen and oxygen atoms in total. The lowest BCUT2D eigenvalue weighted by atomic mass is 10.3. The number of benzene rings is 1. The number of rotatable bonds is 5. The molecule has 0 saturated carbocycles. The Morgan fingerprint density at radius 2 is 2.10 bits per heavy atom. The summed E-state index contributed by atoms with van der Waals surface area (Å²) in [5.74, 6) is 0.861. The van der Waals surface area contributed by atoms with Crippen molar-refractivity contribution in [3.63, 3.8) is 0 Å². The highest BCUT2D eigenvalue weighted by atomic mass is 35.5. The lowest BCUT2D eigenvalue weighted by molar-refractivity contribution is 0.589. The second-order valence-electron chi connectivity index (χ2n) is 4.61. The number of aryl methyl sites for hydroxylation is 1. The molecular formula is C13H16Cl2N2O2S. The average Bonchev–Trinajstić information content (AvgIpc) is 2.74. The quantitative estimate of drug-likeness (QED) is 0.787. The molecule has 1 unspecified atom stereocenters. The van der Waals surface area contributed by atoms with Crippen LogP contribution < -0.4 is 0 Å². The lowest BCUT2D eigenvalue weighted by Gasteiger charge is -2.10. The van der Waals surface area contributed by atoms with Crippen LogP contribution >= 0.6 is 23.2 Å². The topological polar surface area (TPSA) is 52.0 Å². The molecule has 0 N–H and O–H groups in total. The van der Waals surface area contributed by atoms with Gasteiger partial charge in [0.25, 0.3) is 0 Å². The van der Waals surface area contributed by atoms with Crippen molar-refractivity contribution in [1.82, 2.24) is 9.55 Å². The van der Waals surface area contributed by atoms with E-state index in [0.717, 1.165) is 11.0 Å². The molecule has 7 heteroatoms. The van der Waals surface area contributed by atoms with Gasteiger partial charge in [0.1, 0.15) is 5.82 Å². The molecule has 1 aromatic carbocycles. The maximum atomic E-state index is 11.7. The summed E-state index contributed by atoms with van der Waals surface area (Å²) in [6.45, 7) is 3.79. The summed E-state index contributed by atoms with van der Waals surface area (Å²) in [4.78, 5) is 4.46. The fourth-order valence-corrected chi connectivity index (χ4v) is 3.11. The molecule has 0 bridgehead atoms. The summed E-state index contributed by atoms with van der Waals surface area (Å²) < 4.78 is 25.2. The van der Waals surface area contributed by atoms with E-state index in [1.165, 1.54) is 0 Å². The second-order valence-corrected chi connectivity index (χ2v) is 8.17. The Kier molecular flexibility index (Phi) is 4.62. The zero-order valence-corrected chi connectivity index (χ0v) is 13.6. The predicted octanol–water partition coefficient (Wildman–Crippen LogP) is 3.42. The normalized spacial score (nSPS) is 13.8. The fourth-order valence-electron chi connectivity index (χ4n) is 2.03. The van der Waals surface area contributed by atoms with Gasteiger partial charge in [-0.1, -0.05) is 18.5 Å². The van der Waals surface area contributed by atoms with E-state index in [2.05, 4.69) is 4.98 Å². The molecule has 20 heavy (non-hydrogen) atoms. The molecule has 1 atom stereocenters. The molecule has 0 saturated heterocycles. The Labute approximate surface area is 128 Å². The van der Waals surface area contributed by atoms with Crippen molar-refractivity contribution >= 4 is 44.1 Å². The highest BCUT2D eigenvalue weighted by molar-refractivity contribution is 7.91. The summed E-state index contributed by atoms with van der Waals surface area (Å²) in [5, 5.41) is 0.288. The van der Waals surface area contributed by atoms with Crippen molar-refractivity contribution in [1.29, 1.82) is 0 Å². The number of hydrogen-bond donors (Lipinski definition) is 0. The van der Waals surface area contributed by atoms with E-state index in [4.69, 9.17) is 23.2 Å². The largest absolute Gasteiger partial charge is 0.326 e. The maximum Gasteiger partial charge on any atom is 0.151 e. The van der Waals surface area contributed by atoms with Crippen LogP contribution in [0.1, 0.15) is 25.0 Å². The number of sulfone groups is 1. The molecule has 2 rings (SSSR count). The van der Waals surface area contributed by atoms with Gasteiger partial charge in [0.05, 0.1) is 22.2 Å².